The highest BCUT2D eigenvalue weighted by atomic mass is 35.5. The number of urea groups is 1. The Labute approximate surface area is 205 Å². The minimum absolute atomic E-state index is 0. The number of carbonyl (C=O) groups is 2. The van der Waals surface area contributed by atoms with Gasteiger partial charge in [0.25, 0.3) is 0 Å². The van der Waals surface area contributed by atoms with Gasteiger partial charge < -0.3 is 14.5 Å². The van der Waals surface area contributed by atoms with Gasteiger partial charge in [0.05, 0.1) is 7.11 Å². The number of ether oxygens (including phenoxy) is 1. The van der Waals surface area contributed by atoms with E-state index in [0.29, 0.717) is 18.4 Å². The first-order valence-electron chi connectivity index (χ1n) is 12.3. The summed E-state index contributed by atoms with van der Waals surface area (Å²) in [6.45, 7) is 8.32. The standard InChI is InChI=1S/C26H39N3O3.ClH/c1-26(2)18-27(3)14-13-20-17-22(10-11-23(20)26)29-16-15-28(25(29)31)21-8-5-19(6-9-21)7-12-24(30)32-4;/h10-11,17,19,21H,5-9,12-16,18H2,1-4H3;1H/t19-,21-;. The monoisotopic (exact) mass is 477 g/mol. The number of carbonyl (C=O) groups excluding carboxylic acids is 2. The summed E-state index contributed by atoms with van der Waals surface area (Å²) < 4.78 is 4.77. The number of nitrogens with zero attached hydrogens (tertiary/aromatic N) is 3. The zero-order valence-electron chi connectivity index (χ0n) is 20.6. The minimum atomic E-state index is -0.117. The molecule has 0 aromatic heterocycles. The van der Waals surface area contributed by atoms with Crippen LogP contribution in [0.4, 0.5) is 10.5 Å². The molecule has 4 rings (SSSR count). The van der Waals surface area contributed by atoms with Gasteiger partial charge in [-0.3, -0.25) is 9.69 Å². The summed E-state index contributed by atoms with van der Waals surface area (Å²) in [4.78, 5) is 31.2. The Morgan fingerprint density at radius 3 is 2.55 bits per heavy atom. The Balaban J connectivity index is 0.00000306. The van der Waals surface area contributed by atoms with E-state index in [9.17, 15) is 9.59 Å². The van der Waals surface area contributed by atoms with Gasteiger partial charge in [0, 0.05) is 49.7 Å². The van der Waals surface area contributed by atoms with Crippen molar-refractivity contribution < 1.29 is 14.3 Å². The Bertz CT molecular complexity index is 851. The van der Waals surface area contributed by atoms with E-state index in [4.69, 9.17) is 4.74 Å². The maximum Gasteiger partial charge on any atom is 0.324 e. The van der Waals surface area contributed by atoms with Gasteiger partial charge in [0.2, 0.25) is 0 Å². The molecule has 2 fully saturated rings. The van der Waals surface area contributed by atoms with Gasteiger partial charge in [-0.1, -0.05) is 19.9 Å². The molecule has 0 spiro atoms. The molecule has 0 bridgehead atoms. The van der Waals surface area contributed by atoms with Crippen LogP contribution in [0.3, 0.4) is 0 Å². The molecular formula is C26H40ClN3O3. The second-order valence-corrected chi connectivity index (χ2v) is 10.6. The predicted molar refractivity (Wildman–Crippen MR) is 134 cm³/mol. The van der Waals surface area contributed by atoms with Gasteiger partial charge in [-0.15, -0.1) is 12.4 Å². The van der Waals surface area contributed by atoms with Crippen LogP contribution in [0.15, 0.2) is 18.2 Å². The highest BCUT2D eigenvalue weighted by Crippen LogP contribution is 2.36. The topological polar surface area (TPSA) is 53.1 Å². The number of halogens is 1. The summed E-state index contributed by atoms with van der Waals surface area (Å²) >= 11 is 0. The number of hydrogen-bond acceptors (Lipinski definition) is 4. The van der Waals surface area contributed by atoms with Crippen molar-refractivity contribution in [2.24, 2.45) is 5.92 Å². The third kappa shape index (κ3) is 5.65. The number of amides is 2. The molecular weight excluding hydrogens is 438 g/mol. The van der Waals surface area contributed by atoms with Crippen molar-refractivity contribution in [3.63, 3.8) is 0 Å². The zero-order chi connectivity index (χ0) is 22.9. The Morgan fingerprint density at radius 2 is 1.85 bits per heavy atom. The van der Waals surface area contributed by atoms with Crippen LogP contribution < -0.4 is 4.90 Å². The lowest BCUT2D eigenvalue weighted by atomic mass is 9.81. The normalized spacial score (nSPS) is 25.3. The van der Waals surface area contributed by atoms with Crippen LogP contribution in [0.2, 0.25) is 0 Å². The number of esters is 1. The van der Waals surface area contributed by atoms with Gasteiger partial charge in [-0.05, 0) is 74.8 Å². The van der Waals surface area contributed by atoms with Crippen molar-refractivity contribution in [2.75, 3.05) is 45.2 Å². The maximum atomic E-state index is 13.3. The second kappa shape index (κ2) is 10.6. The molecule has 184 valence electrons. The maximum absolute atomic E-state index is 13.3. The average Bonchev–Trinajstić information content (AvgIpc) is 3.11. The largest absolute Gasteiger partial charge is 0.469 e. The van der Waals surface area contributed by atoms with Gasteiger partial charge in [0.1, 0.15) is 0 Å². The van der Waals surface area contributed by atoms with Gasteiger partial charge in [0.15, 0.2) is 0 Å². The van der Waals surface area contributed by atoms with Crippen molar-refractivity contribution in [2.45, 2.75) is 70.3 Å². The highest BCUT2D eigenvalue weighted by molar-refractivity contribution is 5.94. The Hall–Kier alpha value is -1.79. The van der Waals surface area contributed by atoms with Crippen molar-refractivity contribution >= 4 is 30.1 Å². The fourth-order valence-electron chi connectivity index (χ4n) is 6.07. The smallest absolute Gasteiger partial charge is 0.324 e. The highest BCUT2D eigenvalue weighted by Gasteiger charge is 2.37. The summed E-state index contributed by atoms with van der Waals surface area (Å²) in [5, 5.41) is 0. The lowest BCUT2D eigenvalue weighted by Gasteiger charge is -2.34. The molecule has 2 aliphatic heterocycles. The van der Waals surface area contributed by atoms with Crippen LogP contribution in [0.1, 0.15) is 63.5 Å². The second-order valence-electron chi connectivity index (χ2n) is 10.6. The third-order valence-electron chi connectivity index (χ3n) is 7.84. The van der Waals surface area contributed by atoms with E-state index >= 15 is 0 Å². The fourth-order valence-corrected chi connectivity index (χ4v) is 6.07. The van der Waals surface area contributed by atoms with Gasteiger partial charge >= 0.3 is 12.0 Å². The number of rotatable bonds is 5. The lowest BCUT2D eigenvalue weighted by Crippen LogP contribution is -2.41. The van der Waals surface area contributed by atoms with E-state index in [0.717, 1.165) is 70.4 Å². The number of hydrogen-bond donors (Lipinski definition) is 0. The van der Waals surface area contributed by atoms with E-state index < -0.39 is 0 Å². The lowest BCUT2D eigenvalue weighted by molar-refractivity contribution is -0.141. The first-order valence-corrected chi connectivity index (χ1v) is 12.3. The number of likely N-dealkylation sites (N-methyl/N-ethyl adjacent to an activating group) is 1. The zero-order valence-corrected chi connectivity index (χ0v) is 21.5. The molecule has 0 radical (unpaired) electrons. The molecule has 7 heteroatoms. The molecule has 33 heavy (non-hydrogen) atoms. The minimum Gasteiger partial charge on any atom is -0.469 e. The SMILES string of the molecule is COC(=O)CC[C@H]1CC[C@H](N2CCN(c3ccc4c(c3)CCN(C)CC4(C)C)C2=O)CC1.Cl. The van der Waals surface area contributed by atoms with Crippen LogP contribution in [-0.4, -0.2) is 68.2 Å². The molecule has 0 N–H and O–H groups in total. The molecule has 3 aliphatic rings. The summed E-state index contributed by atoms with van der Waals surface area (Å²) in [5.74, 6) is 0.457. The van der Waals surface area contributed by atoms with Crippen LogP contribution in [-0.2, 0) is 21.4 Å². The first-order chi connectivity index (χ1) is 15.3. The molecule has 2 heterocycles. The average molecular weight is 478 g/mol. The summed E-state index contributed by atoms with van der Waals surface area (Å²) in [7, 11) is 3.65. The Morgan fingerprint density at radius 1 is 1.12 bits per heavy atom. The quantitative estimate of drug-likeness (QED) is 0.580. The van der Waals surface area contributed by atoms with E-state index in [2.05, 4.69) is 48.9 Å². The summed E-state index contributed by atoms with van der Waals surface area (Å²) in [6.07, 6.45) is 6.70. The van der Waals surface area contributed by atoms with E-state index in [1.807, 2.05) is 4.90 Å². The Kier molecular flexibility index (Phi) is 8.33. The van der Waals surface area contributed by atoms with Crippen LogP contribution in [0, 0.1) is 5.92 Å². The van der Waals surface area contributed by atoms with E-state index in [1.165, 1.54) is 18.2 Å². The summed E-state index contributed by atoms with van der Waals surface area (Å²) in [6, 6.07) is 7.16. The molecule has 2 amide bonds. The fraction of sp³-hybridized carbons (Fsp3) is 0.692. The van der Waals surface area contributed by atoms with Crippen molar-refractivity contribution in [3.8, 4) is 0 Å². The van der Waals surface area contributed by atoms with Crippen LogP contribution >= 0.6 is 12.4 Å². The molecule has 6 nitrogen and oxygen atoms in total. The van der Waals surface area contributed by atoms with Crippen LogP contribution in [0.25, 0.3) is 0 Å². The van der Waals surface area contributed by atoms with Crippen molar-refractivity contribution in [3.05, 3.63) is 29.3 Å². The predicted octanol–water partition coefficient (Wildman–Crippen LogP) is 4.63. The number of fused-ring (bicyclic) bond motifs is 1. The molecule has 0 unspecified atom stereocenters. The van der Waals surface area contributed by atoms with Gasteiger partial charge in [-0.2, -0.15) is 0 Å². The molecule has 1 aliphatic carbocycles. The van der Waals surface area contributed by atoms with Crippen molar-refractivity contribution in [1.82, 2.24) is 9.80 Å². The molecule has 1 saturated carbocycles. The first kappa shape index (κ1) is 25.8. The molecule has 1 aromatic rings. The summed E-state index contributed by atoms with van der Waals surface area (Å²) in [5.41, 5.74) is 3.96. The molecule has 0 atom stereocenters. The van der Waals surface area contributed by atoms with Crippen LogP contribution in [0.5, 0.6) is 0 Å². The number of benzene rings is 1. The number of anilines is 1. The van der Waals surface area contributed by atoms with E-state index in [1.54, 1.807) is 0 Å². The third-order valence-corrected chi connectivity index (χ3v) is 7.84. The number of methoxy groups -OCH3 is 1. The van der Waals surface area contributed by atoms with Gasteiger partial charge in [-0.25, -0.2) is 4.79 Å². The molecule has 1 aromatic carbocycles. The van der Waals surface area contributed by atoms with Crippen molar-refractivity contribution in [1.29, 1.82) is 0 Å². The molecule has 1 saturated heterocycles. The van der Waals surface area contributed by atoms with E-state index in [-0.39, 0.29) is 29.8 Å².